The average molecular weight is 406 g/mol. The number of anilines is 1. The van der Waals surface area contributed by atoms with Gasteiger partial charge in [-0.25, -0.2) is 4.79 Å². The summed E-state index contributed by atoms with van der Waals surface area (Å²) in [4.78, 5) is 19.4. The van der Waals surface area contributed by atoms with E-state index in [9.17, 15) is 4.79 Å². The summed E-state index contributed by atoms with van der Waals surface area (Å²) in [5.41, 5.74) is 4.86. The van der Waals surface area contributed by atoms with E-state index in [4.69, 9.17) is 4.74 Å². The number of piperazine rings is 1. The zero-order valence-corrected chi connectivity index (χ0v) is 17.6. The molecule has 2 aliphatic heterocycles. The summed E-state index contributed by atoms with van der Waals surface area (Å²) in [6.07, 6.45) is 3.72. The lowest BCUT2D eigenvalue weighted by Gasteiger charge is -2.36. The Bertz CT molecular complexity index is 860. The Morgan fingerprint density at radius 2 is 1.80 bits per heavy atom. The van der Waals surface area contributed by atoms with E-state index in [0.29, 0.717) is 13.2 Å². The third-order valence-corrected chi connectivity index (χ3v) is 6.01. The number of hydrogen-bond acceptors (Lipinski definition) is 4. The van der Waals surface area contributed by atoms with E-state index < -0.39 is 0 Å². The van der Waals surface area contributed by atoms with Gasteiger partial charge in [0.1, 0.15) is 6.61 Å². The summed E-state index contributed by atoms with van der Waals surface area (Å²) in [6.45, 7) is 10.6. The van der Waals surface area contributed by atoms with E-state index in [1.165, 1.54) is 16.8 Å². The van der Waals surface area contributed by atoms with Gasteiger partial charge in [-0.15, -0.1) is 6.58 Å². The first-order valence-electron chi connectivity index (χ1n) is 10.9. The number of carbonyl (C=O) groups excluding carboxylic acids is 1. The van der Waals surface area contributed by atoms with Crippen molar-refractivity contribution in [2.75, 3.05) is 44.2 Å². The van der Waals surface area contributed by atoms with Crippen LogP contribution in [0.5, 0.6) is 0 Å². The van der Waals surface area contributed by atoms with Gasteiger partial charge in [0.2, 0.25) is 0 Å². The Labute approximate surface area is 179 Å². The Morgan fingerprint density at radius 3 is 2.57 bits per heavy atom. The van der Waals surface area contributed by atoms with Crippen molar-refractivity contribution in [1.82, 2.24) is 9.80 Å². The van der Waals surface area contributed by atoms with Crippen molar-refractivity contribution in [2.45, 2.75) is 26.0 Å². The first kappa shape index (κ1) is 20.5. The molecule has 2 heterocycles. The van der Waals surface area contributed by atoms with Gasteiger partial charge in [-0.3, -0.25) is 4.90 Å². The van der Waals surface area contributed by atoms with E-state index in [-0.39, 0.29) is 6.09 Å². The number of amides is 1. The monoisotopic (exact) mass is 405 g/mol. The van der Waals surface area contributed by atoms with Crippen LogP contribution in [0.2, 0.25) is 0 Å². The number of carbonyl (C=O) groups is 1. The van der Waals surface area contributed by atoms with Crippen LogP contribution in [0.3, 0.4) is 0 Å². The summed E-state index contributed by atoms with van der Waals surface area (Å²) in [5.74, 6) is 0. The van der Waals surface area contributed by atoms with Crippen molar-refractivity contribution >= 4 is 11.8 Å². The second-order valence-electron chi connectivity index (χ2n) is 8.09. The molecule has 0 atom stereocenters. The molecule has 0 saturated carbocycles. The molecular formula is C25H31N3O2. The molecule has 158 valence electrons. The molecule has 1 saturated heterocycles. The molecule has 1 fully saturated rings. The van der Waals surface area contributed by atoms with Gasteiger partial charge in [-0.1, -0.05) is 42.5 Å². The molecule has 0 unspecified atom stereocenters. The number of aryl methyl sites for hydroxylation is 1. The van der Waals surface area contributed by atoms with Crippen LogP contribution in [-0.2, 0) is 24.3 Å². The molecule has 2 aromatic rings. The predicted molar refractivity (Wildman–Crippen MR) is 121 cm³/mol. The van der Waals surface area contributed by atoms with Crippen molar-refractivity contribution in [3.8, 4) is 0 Å². The van der Waals surface area contributed by atoms with Crippen LogP contribution in [-0.4, -0.2) is 55.2 Å². The van der Waals surface area contributed by atoms with Crippen LogP contribution in [0.4, 0.5) is 10.5 Å². The Morgan fingerprint density at radius 1 is 1.00 bits per heavy atom. The maximum absolute atomic E-state index is 12.7. The number of nitrogens with zero attached hydrogens (tertiary/aromatic N) is 3. The molecule has 0 spiro atoms. The molecule has 5 heteroatoms. The van der Waals surface area contributed by atoms with Gasteiger partial charge < -0.3 is 14.5 Å². The number of fused-ring (bicyclic) bond motifs is 1. The predicted octanol–water partition coefficient (Wildman–Crippen LogP) is 4.08. The summed E-state index contributed by atoms with van der Waals surface area (Å²) in [6, 6.07) is 16.6. The van der Waals surface area contributed by atoms with Gasteiger partial charge >= 0.3 is 6.09 Å². The van der Waals surface area contributed by atoms with Crippen molar-refractivity contribution in [3.63, 3.8) is 0 Å². The van der Waals surface area contributed by atoms with Crippen LogP contribution in [0, 0.1) is 0 Å². The third-order valence-electron chi connectivity index (χ3n) is 6.01. The van der Waals surface area contributed by atoms with Crippen molar-refractivity contribution in [2.24, 2.45) is 0 Å². The quantitative estimate of drug-likeness (QED) is 0.703. The highest BCUT2D eigenvalue weighted by Crippen LogP contribution is 2.26. The lowest BCUT2D eigenvalue weighted by Crippen LogP contribution is -2.46. The van der Waals surface area contributed by atoms with E-state index in [0.717, 1.165) is 57.7 Å². The van der Waals surface area contributed by atoms with Crippen molar-refractivity contribution in [3.05, 3.63) is 77.9 Å². The first-order chi connectivity index (χ1) is 14.7. The van der Waals surface area contributed by atoms with E-state index >= 15 is 0 Å². The summed E-state index contributed by atoms with van der Waals surface area (Å²) in [5, 5.41) is 0. The molecule has 2 aliphatic rings. The lowest BCUT2D eigenvalue weighted by molar-refractivity contribution is 0.0942. The fourth-order valence-electron chi connectivity index (χ4n) is 4.28. The molecule has 0 aromatic heterocycles. The Balaban J connectivity index is 1.40. The molecular weight excluding hydrogens is 374 g/mol. The molecule has 1 amide bonds. The maximum atomic E-state index is 12.7. The zero-order valence-electron chi connectivity index (χ0n) is 17.6. The average Bonchev–Trinajstić information content (AvgIpc) is 3.01. The highest BCUT2D eigenvalue weighted by Gasteiger charge is 2.22. The minimum Gasteiger partial charge on any atom is -0.445 e. The smallest absolute Gasteiger partial charge is 0.410 e. The first-order valence-corrected chi connectivity index (χ1v) is 10.9. The highest BCUT2D eigenvalue weighted by molar-refractivity contribution is 5.68. The number of ether oxygens (including phenoxy) is 1. The maximum Gasteiger partial charge on any atom is 0.410 e. The zero-order chi connectivity index (χ0) is 20.8. The van der Waals surface area contributed by atoms with E-state index in [1.54, 1.807) is 0 Å². The molecule has 30 heavy (non-hydrogen) atoms. The minimum atomic E-state index is -0.227. The van der Waals surface area contributed by atoms with E-state index in [2.05, 4.69) is 34.6 Å². The SMILES string of the molecule is C=CCN1CCN(c2ccc3c(c2)CN(C(=O)OCc2ccccc2)CCC3)CC1. The largest absolute Gasteiger partial charge is 0.445 e. The van der Waals surface area contributed by atoms with Crippen LogP contribution in [0.15, 0.2) is 61.2 Å². The lowest BCUT2D eigenvalue weighted by atomic mass is 10.0. The number of hydrogen-bond donors (Lipinski definition) is 0. The molecule has 5 nitrogen and oxygen atoms in total. The summed E-state index contributed by atoms with van der Waals surface area (Å²) < 4.78 is 5.58. The Hall–Kier alpha value is -2.79. The van der Waals surface area contributed by atoms with Crippen LogP contribution >= 0.6 is 0 Å². The second-order valence-corrected chi connectivity index (χ2v) is 8.09. The molecule has 0 bridgehead atoms. The van der Waals surface area contributed by atoms with Crippen LogP contribution < -0.4 is 4.90 Å². The molecule has 0 radical (unpaired) electrons. The number of rotatable bonds is 5. The van der Waals surface area contributed by atoms with Crippen molar-refractivity contribution < 1.29 is 9.53 Å². The molecule has 2 aromatic carbocycles. The van der Waals surface area contributed by atoms with Gasteiger partial charge in [0.25, 0.3) is 0 Å². The topological polar surface area (TPSA) is 36.0 Å². The summed E-state index contributed by atoms with van der Waals surface area (Å²) >= 11 is 0. The van der Waals surface area contributed by atoms with E-state index in [1.807, 2.05) is 41.3 Å². The normalized spacial score (nSPS) is 17.2. The fraction of sp³-hybridized carbons (Fsp3) is 0.400. The molecule has 0 N–H and O–H groups in total. The third kappa shape index (κ3) is 5.03. The molecule has 4 rings (SSSR count). The number of benzene rings is 2. The Kier molecular flexibility index (Phi) is 6.70. The molecule has 0 aliphatic carbocycles. The van der Waals surface area contributed by atoms with Gasteiger partial charge in [0.15, 0.2) is 0 Å². The second kappa shape index (κ2) is 9.81. The van der Waals surface area contributed by atoms with Crippen LogP contribution in [0.1, 0.15) is 23.1 Å². The van der Waals surface area contributed by atoms with Gasteiger partial charge in [-0.05, 0) is 41.7 Å². The van der Waals surface area contributed by atoms with Gasteiger partial charge in [0.05, 0.1) is 0 Å². The minimum absolute atomic E-state index is 0.227. The van der Waals surface area contributed by atoms with Crippen LogP contribution in [0.25, 0.3) is 0 Å². The van der Waals surface area contributed by atoms with Gasteiger partial charge in [0, 0.05) is 51.5 Å². The standard InChI is InChI=1S/C25H31N3O2/c1-2-12-26-14-16-27(17-15-26)24-11-10-22-9-6-13-28(19-23(22)18-24)25(29)30-20-21-7-4-3-5-8-21/h2-5,7-8,10-11,18H,1,6,9,12-17,19-20H2. The fourth-order valence-corrected chi connectivity index (χ4v) is 4.28. The summed E-state index contributed by atoms with van der Waals surface area (Å²) in [7, 11) is 0. The van der Waals surface area contributed by atoms with Gasteiger partial charge in [-0.2, -0.15) is 0 Å². The highest BCUT2D eigenvalue weighted by atomic mass is 16.6. The van der Waals surface area contributed by atoms with Crippen molar-refractivity contribution in [1.29, 1.82) is 0 Å².